The van der Waals surface area contributed by atoms with E-state index in [1.165, 1.54) is 0 Å². The minimum absolute atomic E-state index is 0.154. The molecule has 0 aliphatic rings. The molecule has 0 amide bonds. The predicted octanol–water partition coefficient (Wildman–Crippen LogP) is 4.76. The maximum absolute atomic E-state index is 10.5. The molecule has 0 heterocycles. The summed E-state index contributed by atoms with van der Waals surface area (Å²) in [5.74, 6) is 6.88. The van der Waals surface area contributed by atoms with Crippen LogP contribution in [0.2, 0.25) is 5.02 Å². The number of aliphatic carboxylic acids is 1. The molecular weight excluding hydrogens is 432 g/mol. The highest BCUT2D eigenvalue weighted by molar-refractivity contribution is 6.30. The number of phenolic OH excluding ortho intramolecular Hbond substituents is 1. The third kappa shape index (κ3) is 7.46. The summed E-state index contributed by atoms with van der Waals surface area (Å²) in [5.41, 5.74) is 1.34. The fourth-order valence-electron chi connectivity index (χ4n) is 2.66. The second-order valence-corrected chi connectivity index (χ2v) is 7.08. The van der Waals surface area contributed by atoms with Crippen LogP contribution in [0.5, 0.6) is 23.0 Å². The summed E-state index contributed by atoms with van der Waals surface area (Å²) in [6.45, 7) is 0.470. The first kappa shape index (κ1) is 22.9. The minimum Gasteiger partial charge on any atom is -0.508 e. The molecule has 3 aromatic rings. The average molecular weight is 453 g/mol. The Balaban J connectivity index is 1.49. The second kappa shape index (κ2) is 11.5. The molecular formula is C25H21ClO6. The maximum Gasteiger partial charge on any atom is 0.341 e. The van der Waals surface area contributed by atoms with Crippen molar-refractivity contribution in [2.45, 2.75) is 6.42 Å². The van der Waals surface area contributed by atoms with Crippen molar-refractivity contribution in [1.29, 1.82) is 0 Å². The zero-order valence-corrected chi connectivity index (χ0v) is 17.8. The van der Waals surface area contributed by atoms with Crippen LogP contribution in [0.3, 0.4) is 0 Å². The Morgan fingerprint density at radius 2 is 1.59 bits per heavy atom. The predicted molar refractivity (Wildman–Crippen MR) is 121 cm³/mol. The van der Waals surface area contributed by atoms with Crippen molar-refractivity contribution in [1.82, 2.24) is 0 Å². The van der Waals surface area contributed by atoms with Crippen LogP contribution >= 0.6 is 11.6 Å². The zero-order valence-electron chi connectivity index (χ0n) is 17.1. The third-order valence-corrected chi connectivity index (χ3v) is 4.37. The Labute approximate surface area is 190 Å². The van der Waals surface area contributed by atoms with E-state index in [0.717, 1.165) is 0 Å². The molecule has 7 heteroatoms. The van der Waals surface area contributed by atoms with E-state index < -0.39 is 5.97 Å². The van der Waals surface area contributed by atoms with Gasteiger partial charge in [-0.05, 0) is 60.7 Å². The average Bonchev–Trinajstić information content (AvgIpc) is 2.78. The lowest BCUT2D eigenvalue weighted by Crippen LogP contribution is -2.09. The Morgan fingerprint density at radius 3 is 2.31 bits per heavy atom. The molecule has 0 saturated carbocycles. The molecule has 2 N–H and O–H groups in total. The van der Waals surface area contributed by atoms with Crippen LogP contribution in [0.1, 0.15) is 17.5 Å². The molecule has 0 bridgehead atoms. The number of halogens is 1. The van der Waals surface area contributed by atoms with Gasteiger partial charge in [-0.1, -0.05) is 29.5 Å². The van der Waals surface area contributed by atoms with E-state index in [4.69, 9.17) is 30.9 Å². The fraction of sp³-hybridized carbons (Fsp3) is 0.160. The van der Waals surface area contributed by atoms with Crippen LogP contribution < -0.4 is 14.2 Å². The summed E-state index contributed by atoms with van der Waals surface area (Å²) in [5, 5.41) is 18.7. The Hall–Kier alpha value is -3.82. The molecule has 3 rings (SSSR count). The summed E-state index contributed by atoms with van der Waals surface area (Å²) >= 11 is 6.10. The van der Waals surface area contributed by atoms with Gasteiger partial charge in [-0.15, -0.1) is 0 Å². The fourth-order valence-corrected chi connectivity index (χ4v) is 2.83. The van der Waals surface area contributed by atoms with E-state index in [2.05, 4.69) is 11.8 Å². The van der Waals surface area contributed by atoms with Crippen molar-refractivity contribution in [2.75, 3.05) is 19.8 Å². The highest BCUT2D eigenvalue weighted by Gasteiger charge is 2.04. The second-order valence-electron chi connectivity index (χ2n) is 6.65. The monoisotopic (exact) mass is 452 g/mol. The van der Waals surface area contributed by atoms with Crippen molar-refractivity contribution in [3.8, 4) is 34.8 Å². The van der Waals surface area contributed by atoms with Gasteiger partial charge in [0.15, 0.2) is 6.61 Å². The number of carbonyl (C=O) groups is 1. The standard InChI is InChI=1S/C25H21ClO6/c26-20-7-12-24(19(16-20)6-5-18-3-1-4-21(27)15-18)31-14-2-13-30-22-8-10-23(11-9-22)32-17-25(28)29/h1,3-4,7-12,15-16,27H,2,13-14,17H2,(H,28,29). The van der Waals surface area contributed by atoms with Crippen LogP contribution in [-0.4, -0.2) is 36.0 Å². The molecule has 0 fully saturated rings. The van der Waals surface area contributed by atoms with Gasteiger partial charge >= 0.3 is 5.97 Å². The van der Waals surface area contributed by atoms with Crippen LogP contribution in [0.25, 0.3) is 0 Å². The number of rotatable bonds is 9. The van der Waals surface area contributed by atoms with Gasteiger partial charge in [-0.2, -0.15) is 0 Å². The minimum atomic E-state index is -1.03. The first-order valence-electron chi connectivity index (χ1n) is 9.80. The first-order chi connectivity index (χ1) is 15.5. The molecule has 0 atom stereocenters. The van der Waals surface area contributed by atoms with Crippen molar-refractivity contribution >= 4 is 17.6 Å². The SMILES string of the molecule is O=C(O)COc1ccc(OCCCOc2ccc(Cl)cc2C#Cc2cccc(O)c2)cc1. The molecule has 0 aliphatic carbocycles. The Bertz CT molecular complexity index is 1120. The summed E-state index contributed by atoms with van der Waals surface area (Å²) in [4.78, 5) is 10.5. The van der Waals surface area contributed by atoms with E-state index >= 15 is 0 Å². The van der Waals surface area contributed by atoms with Gasteiger partial charge in [-0.3, -0.25) is 0 Å². The highest BCUT2D eigenvalue weighted by atomic mass is 35.5. The van der Waals surface area contributed by atoms with E-state index in [0.29, 0.717) is 53.0 Å². The summed E-state index contributed by atoms with van der Waals surface area (Å²) in [6.07, 6.45) is 0.638. The Morgan fingerprint density at radius 1 is 0.875 bits per heavy atom. The lowest BCUT2D eigenvalue weighted by molar-refractivity contribution is -0.139. The summed E-state index contributed by atoms with van der Waals surface area (Å²) in [6, 6.07) is 18.7. The Kier molecular flexibility index (Phi) is 8.24. The molecule has 0 spiro atoms. The van der Waals surface area contributed by atoms with Crippen LogP contribution in [0.15, 0.2) is 66.7 Å². The van der Waals surface area contributed by atoms with Crippen molar-refractivity contribution in [2.24, 2.45) is 0 Å². The molecule has 0 radical (unpaired) electrons. The van der Waals surface area contributed by atoms with Gasteiger partial charge in [0.25, 0.3) is 0 Å². The number of phenols is 1. The number of ether oxygens (including phenoxy) is 3. The van der Waals surface area contributed by atoms with Gasteiger partial charge in [0.05, 0.1) is 18.8 Å². The normalized spacial score (nSPS) is 10.0. The lowest BCUT2D eigenvalue weighted by atomic mass is 10.1. The molecule has 0 aliphatic heterocycles. The number of hydrogen-bond donors (Lipinski definition) is 2. The van der Waals surface area contributed by atoms with Gasteiger partial charge < -0.3 is 24.4 Å². The van der Waals surface area contributed by atoms with Gasteiger partial charge in [0.2, 0.25) is 0 Å². The molecule has 32 heavy (non-hydrogen) atoms. The van der Waals surface area contributed by atoms with Gasteiger partial charge in [-0.25, -0.2) is 4.79 Å². The molecule has 0 unspecified atom stereocenters. The molecule has 3 aromatic carbocycles. The molecule has 0 saturated heterocycles. The number of carboxylic acids is 1. The van der Waals surface area contributed by atoms with Crippen LogP contribution in [0.4, 0.5) is 0 Å². The van der Waals surface area contributed by atoms with Crippen molar-refractivity contribution < 1.29 is 29.2 Å². The van der Waals surface area contributed by atoms with E-state index in [1.807, 2.05) is 0 Å². The van der Waals surface area contributed by atoms with E-state index in [9.17, 15) is 9.90 Å². The number of carboxylic acid groups (broad SMARTS) is 1. The van der Waals surface area contributed by atoms with Crippen LogP contribution in [-0.2, 0) is 4.79 Å². The molecule has 0 aromatic heterocycles. The van der Waals surface area contributed by atoms with E-state index in [1.54, 1.807) is 66.7 Å². The lowest BCUT2D eigenvalue weighted by Gasteiger charge is -2.10. The zero-order chi connectivity index (χ0) is 22.8. The quantitative estimate of drug-likeness (QED) is 0.360. The number of benzene rings is 3. The highest BCUT2D eigenvalue weighted by Crippen LogP contribution is 2.23. The summed E-state index contributed by atoms with van der Waals surface area (Å²) in [7, 11) is 0. The third-order valence-electron chi connectivity index (χ3n) is 4.13. The maximum atomic E-state index is 10.5. The number of aromatic hydroxyl groups is 1. The van der Waals surface area contributed by atoms with Gasteiger partial charge in [0, 0.05) is 17.0 Å². The topological polar surface area (TPSA) is 85.2 Å². The molecule has 164 valence electrons. The van der Waals surface area contributed by atoms with Gasteiger partial charge in [0.1, 0.15) is 23.0 Å². The smallest absolute Gasteiger partial charge is 0.341 e. The largest absolute Gasteiger partial charge is 0.508 e. The van der Waals surface area contributed by atoms with Crippen LogP contribution in [0, 0.1) is 11.8 Å². The summed E-state index contributed by atoms with van der Waals surface area (Å²) < 4.78 is 16.6. The number of hydrogen-bond acceptors (Lipinski definition) is 5. The van der Waals surface area contributed by atoms with Crippen molar-refractivity contribution in [3.63, 3.8) is 0 Å². The molecule has 6 nitrogen and oxygen atoms in total. The van der Waals surface area contributed by atoms with Crippen molar-refractivity contribution in [3.05, 3.63) is 82.9 Å². The first-order valence-corrected chi connectivity index (χ1v) is 10.2. The van der Waals surface area contributed by atoms with E-state index in [-0.39, 0.29) is 12.4 Å².